The standard InChI is InChI=1S/C18H17N3O2S/c1-23-15-9-7-14(8-10-15)16(22)12-24-18-19-17(20-21-18)11-13-5-3-2-4-6-13/h2-10H,11-12H2,1H3,(H,19,20,21). The van der Waals surface area contributed by atoms with Crippen LogP contribution in [0.5, 0.6) is 5.75 Å². The summed E-state index contributed by atoms with van der Waals surface area (Å²) in [6.07, 6.45) is 0.695. The van der Waals surface area contributed by atoms with Gasteiger partial charge < -0.3 is 4.74 Å². The number of hydrogen-bond donors (Lipinski definition) is 1. The maximum atomic E-state index is 12.2. The Kier molecular flexibility index (Phi) is 5.28. The molecule has 5 nitrogen and oxygen atoms in total. The molecule has 0 fully saturated rings. The van der Waals surface area contributed by atoms with E-state index in [1.165, 1.54) is 17.3 Å². The van der Waals surface area contributed by atoms with E-state index in [4.69, 9.17) is 4.74 Å². The van der Waals surface area contributed by atoms with E-state index in [0.29, 0.717) is 22.9 Å². The van der Waals surface area contributed by atoms with E-state index in [1.54, 1.807) is 31.4 Å². The zero-order valence-corrected chi connectivity index (χ0v) is 14.0. The van der Waals surface area contributed by atoms with Gasteiger partial charge >= 0.3 is 0 Å². The summed E-state index contributed by atoms with van der Waals surface area (Å²) in [5.41, 5.74) is 1.82. The maximum absolute atomic E-state index is 12.2. The molecule has 0 radical (unpaired) electrons. The molecule has 0 aliphatic carbocycles. The molecule has 122 valence electrons. The molecule has 6 heteroatoms. The highest BCUT2D eigenvalue weighted by Crippen LogP contribution is 2.17. The van der Waals surface area contributed by atoms with Gasteiger partial charge in [-0.2, -0.15) is 0 Å². The number of aromatic amines is 1. The normalized spacial score (nSPS) is 10.5. The molecule has 0 atom stereocenters. The van der Waals surface area contributed by atoms with Crippen LogP contribution in [0.25, 0.3) is 0 Å². The Hall–Kier alpha value is -2.60. The van der Waals surface area contributed by atoms with E-state index < -0.39 is 0 Å². The summed E-state index contributed by atoms with van der Waals surface area (Å²) in [6.45, 7) is 0. The molecule has 2 aromatic carbocycles. The highest BCUT2D eigenvalue weighted by molar-refractivity contribution is 7.99. The molecule has 0 amide bonds. The summed E-state index contributed by atoms with van der Waals surface area (Å²) in [5.74, 6) is 1.87. The lowest BCUT2D eigenvalue weighted by atomic mass is 10.1. The summed E-state index contributed by atoms with van der Waals surface area (Å²) < 4.78 is 5.09. The lowest BCUT2D eigenvalue weighted by Crippen LogP contribution is -2.02. The SMILES string of the molecule is COc1ccc(C(=O)CSc2n[nH]c(Cc3ccccc3)n2)cc1. The van der Waals surface area contributed by atoms with Crippen molar-refractivity contribution in [2.24, 2.45) is 0 Å². The van der Waals surface area contributed by atoms with Crippen LogP contribution in [0.4, 0.5) is 0 Å². The largest absolute Gasteiger partial charge is 0.497 e. The zero-order valence-electron chi connectivity index (χ0n) is 13.2. The van der Waals surface area contributed by atoms with Gasteiger partial charge in [-0.25, -0.2) is 4.98 Å². The Morgan fingerprint density at radius 2 is 1.88 bits per heavy atom. The van der Waals surface area contributed by atoms with Crippen LogP contribution in [0.2, 0.25) is 0 Å². The van der Waals surface area contributed by atoms with Crippen molar-refractivity contribution >= 4 is 17.5 Å². The van der Waals surface area contributed by atoms with Crippen LogP contribution < -0.4 is 4.74 Å². The van der Waals surface area contributed by atoms with E-state index in [-0.39, 0.29) is 5.78 Å². The molecule has 1 heterocycles. The van der Waals surface area contributed by atoms with E-state index in [1.807, 2.05) is 30.3 Å². The quantitative estimate of drug-likeness (QED) is 0.528. The average molecular weight is 339 g/mol. The van der Waals surface area contributed by atoms with Gasteiger partial charge in [-0.1, -0.05) is 42.1 Å². The fourth-order valence-electron chi connectivity index (χ4n) is 2.20. The molecule has 0 bridgehead atoms. The molecule has 0 saturated carbocycles. The first kappa shape index (κ1) is 16.3. The van der Waals surface area contributed by atoms with Gasteiger partial charge in [0.1, 0.15) is 11.6 Å². The summed E-state index contributed by atoms with van der Waals surface area (Å²) >= 11 is 1.33. The second-order valence-electron chi connectivity index (χ2n) is 5.17. The van der Waals surface area contributed by atoms with Crippen LogP contribution in [0.3, 0.4) is 0 Å². The third-order valence-corrected chi connectivity index (χ3v) is 4.32. The summed E-state index contributed by atoms with van der Waals surface area (Å²) in [6, 6.07) is 17.1. The van der Waals surface area contributed by atoms with Crippen molar-refractivity contribution in [1.82, 2.24) is 15.2 Å². The third kappa shape index (κ3) is 4.23. The number of carbonyl (C=O) groups excluding carboxylic acids is 1. The fraction of sp³-hybridized carbons (Fsp3) is 0.167. The molecule has 0 spiro atoms. The molecule has 3 aromatic rings. The number of ether oxygens (including phenoxy) is 1. The minimum absolute atomic E-state index is 0.0389. The number of carbonyl (C=O) groups is 1. The topological polar surface area (TPSA) is 67.9 Å². The molecule has 3 rings (SSSR count). The number of methoxy groups -OCH3 is 1. The predicted molar refractivity (Wildman–Crippen MR) is 93.7 cm³/mol. The van der Waals surface area contributed by atoms with Crippen molar-refractivity contribution in [3.8, 4) is 5.75 Å². The first-order valence-electron chi connectivity index (χ1n) is 7.50. The zero-order chi connectivity index (χ0) is 16.8. The molecular weight excluding hydrogens is 322 g/mol. The van der Waals surface area contributed by atoms with Crippen molar-refractivity contribution in [2.75, 3.05) is 12.9 Å². The van der Waals surface area contributed by atoms with Gasteiger partial charge in [0.15, 0.2) is 5.78 Å². The summed E-state index contributed by atoms with van der Waals surface area (Å²) in [5, 5.41) is 7.67. The monoisotopic (exact) mass is 339 g/mol. The number of hydrogen-bond acceptors (Lipinski definition) is 5. The predicted octanol–water partition coefficient (Wildman–Crippen LogP) is 3.38. The van der Waals surface area contributed by atoms with Crippen LogP contribution in [0, 0.1) is 0 Å². The Bertz CT molecular complexity index is 801. The molecule has 0 aliphatic heterocycles. The number of ketones is 1. The van der Waals surface area contributed by atoms with E-state index in [2.05, 4.69) is 15.2 Å². The number of H-pyrrole nitrogens is 1. The highest BCUT2D eigenvalue weighted by atomic mass is 32.2. The van der Waals surface area contributed by atoms with Crippen molar-refractivity contribution in [1.29, 1.82) is 0 Å². The van der Waals surface area contributed by atoms with Gasteiger partial charge in [0.2, 0.25) is 5.16 Å². The second kappa shape index (κ2) is 7.79. The Balaban J connectivity index is 1.55. The number of aromatic nitrogens is 3. The number of rotatable bonds is 7. The van der Waals surface area contributed by atoms with Crippen LogP contribution >= 0.6 is 11.8 Å². The number of Topliss-reactive ketones (excluding diaryl/α,β-unsaturated/α-hetero) is 1. The van der Waals surface area contributed by atoms with E-state index >= 15 is 0 Å². The molecule has 24 heavy (non-hydrogen) atoms. The third-order valence-electron chi connectivity index (χ3n) is 3.47. The minimum atomic E-state index is 0.0389. The molecular formula is C18H17N3O2S. The van der Waals surface area contributed by atoms with E-state index in [9.17, 15) is 4.79 Å². The maximum Gasteiger partial charge on any atom is 0.208 e. The number of nitrogens with zero attached hydrogens (tertiary/aromatic N) is 2. The number of thioether (sulfide) groups is 1. The van der Waals surface area contributed by atoms with Gasteiger partial charge in [-0.3, -0.25) is 9.89 Å². The smallest absolute Gasteiger partial charge is 0.208 e. The molecule has 0 aliphatic rings. The van der Waals surface area contributed by atoms with Gasteiger partial charge in [0.25, 0.3) is 0 Å². The first-order valence-corrected chi connectivity index (χ1v) is 8.48. The lowest BCUT2D eigenvalue weighted by Gasteiger charge is -2.01. The molecule has 1 aromatic heterocycles. The molecule has 0 unspecified atom stereocenters. The average Bonchev–Trinajstić information content (AvgIpc) is 3.08. The number of nitrogens with one attached hydrogen (secondary N) is 1. The van der Waals surface area contributed by atoms with Gasteiger partial charge in [-0.15, -0.1) is 5.10 Å². The van der Waals surface area contributed by atoms with Crippen LogP contribution in [0.15, 0.2) is 59.8 Å². The Morgan fingerprint density at radius 1 is 1.12 bits per heavy atom. The van der Waals surface area contributed by atoms with Crippen LogP contribution in [-0.2, 0) is 6.42 Å². The van der Waals surface area contributed by atoms with Gasteiger partial charge in [-0.05, 0) is 29.8 Å². The Morgan fingerprint density at radius 3 is 2.58 bits per heavy atom. The first-order chi connectivity index (χ1) is 11.7. The fourth-order valence-corrected chi connectivity index (χ4v) is 2.91. The number of benzene rings is 2. The van der Waals surface area contributed by atoms with Crippen LogP contribution in [0.1, 0.15) is 21.7 Å². The molecule has 1 N–H and O–H groups in total. The lowest BCUT2D eigenvalue weighted by molar-refractivity contribution is 0.102. The van der Waals surface area contributed by atoms with Crippen molar-refractivity contribution in [3.63, 3.8) is 0 Å². The van der Waals surface area contributed by atoms with Crippen molar-refractivity contribution < 1.29 is 9.53 Å². The van der Waals surface area contributed by atoms with Crippen LogP contribution in [-0.4, -0.2) is 33.8 Å². The minimum Gasteiger partial charge on any atom is -0.497 e. The van der Waals surface area contributed by atoms with Gasteiger partial charge in [0.05, 0.1) is 12.9 Å². The Labute approximate surface area is 144 Å². The molecule has 0 saturated heterocycles. The second-order valence-corrected chi connectivity index (χ2v) is 6.11. The summed E-state index contributed by atoms with van der Waals surface area (Å²) in [4.78, 5) is 16.6. The summed E-state index contributed by atoms with van der Waals surface area (Å²) in [7, 11) is 1.60. The van der Waals surface area contributed by atoms with Gasteiger partial charge in [0, 0.05) is 12.0 Å². The van der Waals surface area contributed by atoms with Crippen molar-refractivity contribution in [2.45, 2.75) is 11.6 Å². The van der Waals surface area contributed by atoms with Crippen molar-refractivity contribution in [3.05, 3.63) is 71.5 Å². The van der Waals surface area contributed by atoms with E-state index in [0.717, 1.165) is 11.6 Å². The highest BCUT2D eigenvalue weighted by Gasteiger charge is 2.10.